The standard InChI is InChI=1S/C13H25N3O2S2/c1-10(2)14-7-12-6-13(9-19-12)20(17,18)15-11(3)8-16(4)5/h6,9-11,14-15H,7-8H2,1-5H3. The summed E-state index contributed by atoms with van der Waals surface area (Å²) in [6.45, 7) is 7.37. The summed E-state index contributed by atoms with van der Waals surface area (Å²) in [5.74, 6) is 0. The van der Waals surface area contributed by atoms with Crippen molar-refractivity contribution in [3.8, 4) is 0 Å². The van der Waals surface area contributed by atoms with Crippen LogP contribution in [0.15, 0.2) is 16.3 Å². The molecule has 1 aromatic heterocycles. The van der Waals surface area contributed by atoms with Gasteiger partial charge in [-0.1, -0.05) is 13.8 Å². The third-order valence-electron chi connectivity index (χ3n) is 2.62. The third kappa shape index (κ3) is 5.88. The fraction of sp³-hybridized carbons (Fsp3) is 0.692. The molecule has 1 aromatic rings. The van der Waals surface area contributed by atoms with Crippen LogP contribution < -0.4 is 10.0 Å². The molecule has 0 aliphatic heterocycles. The third-order valence-corrected chi connectivity index (χ3v) is 5.27. The summed E-state index contributed by atoms with van der Waals surface area (Å²) in [5, 5.41) is 4.98. The van der Waals surface area contributed by atoms with Crippen LogP contribution in [-0.4, -0.2) is 46.0 Å². The molecule has 1 unspecified atom stereocenters. The minimum atomic E-state index is -3.42. The van der Waals surface area contributed by atoms with Gasteiger partial charge in [-0.25, -0.2) is 13.1 Å². The Balaban J connectivity index is 2.68. The quantitative estimate of drug-likeness (QED) is 0.762. The largest absolute Gasteiger partial charge is 0.310 e. The highest BCUT2D eigenvalue weighted by Crippen LogP contribution is 2.19. The van der Waals surface area contributed by atoms with Gasteiger partial charge in [-0.05, 0) is 27.1 Å². The molecule has 20 heavy (non-hydrogen) atoms. The van der Waals surface area contributed by atoms with Crippen LogP contribution in [0.5, 0.6) is 0 Å². The Labute approximate surface area is 126 Å². The van der Waals surface area contributed by atoms with E-state index >= 15 is 0 Å². The SMILES string of the molecule is CC(C)NCc1cc(S(=O)(=O)NC(C)CN(C)C)cs1. The Kier molecular flexibility index (Phi) is 6.60. The van der Waals surface area contributed by atoms with Gasteiger partial charge in [0.1, 0.15) is 0 Å². The van der Waals surface area contributed by atoms with E-state index in [1.165, 1.54) is 11.3 Å². The predicted octanol–water partition coefficient (Wildman–Crippen LogP) is 1.47. The number of nitrogens with one attached hydrogen (secondary N) is 2. The lowest BCUT2D eigenvalue weighted by molar-refractivity contribution is 0.370. The zero-order valence-electron chi connectivity index (χ0n) is 12.8. The van der Waals surface area contributed by atoms with Crippen LogP contribution in [0, 0.1) is 0 Å². The van der Waals surface area contributed by atoms with E-state index < -0.39 is 10.0 Å². The van der Waals surface area contributed by atoms with Crippen molar-refractivity contribution in [2.75, 3.05) is 20.6 Å². The first-order valence-corrected chi connectivity index (χ1v) is 9.05. The first-order chi connectivity index (χ1) is 9.20. The molecular formula is C13H25N3O2S2. The average Bonchev–Trinajstić information content (AvgIpc) is 2.73. The lowest BCUT2D eigenvalue weighted by Gasteiger charge is -2.17. The highest BCUT2D eigenvalue weighted by molar-refractivity contribution is 7.89. The van der Waals surface area contributed by atoms with Crippen molar-refractivity contribution < 1.29 is 8.42 Å². The van der Waals surface area contributed by atoms with Crippen LogP contribution in [-0.2, 0) is 16.6 Å². The van der Waals surface area contributed by atoms with Crippen molar-refractivity contribution in [1.29, 1.82) is 0 Å². The fourth-order valence-electron chi connectivity index (χ4n) is 1.82. The number of hydrogen-bond acceptors (Lipinski definition) is 5. The monoisotopic (exact) mass is 319 g/mol. The number of hydrogen-bond donors (Lipinski definition) is 2. The van der Waals surface area contributed by atoms with E-state index in [0.717, 1.165) is 4.88 Å². The van der Waals surface area contributed by atoms with Crippen LogP contribution in [0.1, 0.15) is 25.6 Å². The number of nitrogens with zero attached hydrogens (tertiary/aromatic N) is 1. The van der Waals surface area contributed by atoms with E-state index in [4.69, 9.17) is 0 Å². The van der Waals surface area contributed by atoms with E-state index in [1.807, 2.05) is 25.9 Å². The van der Waals surface area contributed by atoms with E-state index in [1.54, 1.807) is 11.4 Å². The van der Waals surface area contributed by atoms with Gasteiger partial charge in [-0.2, -0.15) is 0 Å². The molecular weight excluding hydrogens is 294 g/mol. The second-order valence-corrected chi connectivity index (χ2v) is 8.28. The molecule has 7 heteroatoms. The number of rotatable bonds is 8. The van der Waals surface area contributed by atoms with E-state index in [0.29, 0.717) is 24.0 Å². The van der Waals surface area contributed by atoms with E-state index in [9.17, 15) is 8.42 Å². The molecule has 1 atom stereocenters. The molecule has 0 aliphatic carbocycles. The van der Waals surface area contributed by atoms with Crippen molar-refractivity contribution in [1.82, 2.24) is 14.9 Å². The maximum absolute atomic E-state index is 12.2. The average molecular weight is 319 g/mol. The molecule has 116 valence electrons. The van der Waals surface area contributed by atoms with Crippen LogP contribution >= 0.6 is 11.3 Å². The lowest BCUT2D eigenvalue weighted by Crippen LogP contribution is -2.39. The van der Waals surface area contributed by atoms with Crippen LogP contribution in [0.4, 0.5) is 0 Å². The Bertz CT molecular complexity index is 509. The molecule has 0 spiro atoms. The first kappa shape index (κ1) is 17.6. The zero-order chi connectivity index (χ0) is 15.3. The maximum Gasteiger partial charge on any atom is 0.241 e. The predicted molar refractivity (Wildman–Crippen MR) is 84.6 cm³/mol. The van der Waals surface area contributed by atoms with E-state index in [2.05, 4.69) is 23.9 Å². The van der Waals surface area contributed by atoms with Crippen molar-refractivity contribution in [2.45, 2.75) is 44.3 Å². The maximum atomic E-state index is 12.2. The highest BCUT2D eigenvalue weighted by atomic mass is 32.2. The van der Waals surface area contributed by atoms with Gasteiger partial charge in [0.25, 0.3) is 0 Å². The minimum Gasteiger partial charge on any atom is -0.310 e. The highest BCUT2D eigenvalue weighted by Gasteiger charge is 2.19. The topological polar surface area (TPSA) is 61.4 Å². The van der Waals surface area contributed by atoms with Gasteiger partial charge in [-0.15, -0.1) is 11.3 Å². The Morgan fingerprint density at radius 3 is 2.50 bits per heavy atom. The van der Waals surface area contributed by atoms with Gasteiger partial charge >= 0.3 is 0 Å². The van der Waals surface area contributed by atoms with Gasteiger partial charge in [-0.3, -0.25) is 0 Å². The van der Waals surface area contributed by atoms with E-state index in [-0.39, 0.29) is 6.04 Å². The normalized spacial score (nSPS) is 14.2. The molecule has 1 rings (SSSR count). The number of likely N-dealkylation sites (N-methyl/N-ethyl adjacent to an activating group) is 1. The molecule has 0 bridgehead atoms. The summed E-state index contributed by atoms with van der Waals surface area (Å²) >= 11 is 1.47. The molecule has 1 heterocycles. The van der Waals surface area contributed by atoms with Crippen molar-refractivity contribution in [3.63, 3.8) is 0 Å². The fourth-order valence-corrected chi connectivity index (χ4v) is 4.28. The number of thiophene rings is 1. The molecule has 0 aromatic carbocycles. The van der Waals surface area contributed by atoms with Crippen LogP contribution in [0.2, 0.25) is 0 Å². The summed E-state index contributed by atoms with van der Waals surface area (Å²) in [6.07, 6.45) is 0. The van der Waals surface area contributed by atoms with Crippen molar-refractivity contribution in [2.24, 2.45) is 0 Å². The van der Waals surface area contributed by atoms with Gasteiger partial charge in [0.05, 0.1) is 4.90 Å². The van der Waals surface area contributed by atoms with Gasteiger partial charge in [0.2, 0.25) is 10.0 Å². The van der Waals surface area contributed by atoms with Crippen molar-refractivity contribution in [3.05, 3.63) is 16.3 Å². The van der Waals surface area contributed by atoms with Crippen LogP contribution in [0.25, 0.3) is 0 Å². The summed E-state index contributed by atoms with van der Waals surface area (Å²) in [4.78, 5) is 3.34. The summed E-state index contributed by atoms with van der Waals surface area (Å²) in [5.41, 5.74) is 0. The Hall–Kier alpha value is -0.470. The summed E-state index contributed by atoms with van der Waals surface area (Å²) in [7, 11) is 0.427. The molecule has 0 saturated heterocycles. The van der Waals surface area contributed by atoms with Gasteiger partial charge in [0, 0.05) is 35.4 Å². The Morgan fingerprint density at radius 1 is 1.30 bits per heavy atom. The lowest BCUT2D eigenvalue weighted by atomic mass is 10.3. The van der Waals surface area contributed by atoms with Crippen molar-refractivity contribution >= 4 is 21.4 Å². The molecule has 0 radical (unpaired) electrons. The summed E-state index contributed by atoms with van der Waals surface area (Å²) < 4.78 is 27.2. The molecule has 2 N–H and O–H groups in total. The molecule has 0 amide bonds. The number of sulfonamides is 1. The molecule has 5 nitrogen and oxygen atoms in total. The smallest absolute Gasteiger partial charge is 0.241 e. The molecule has 0 aliphatic rings. The second kappa shape index (κ2) is 7.51. The van der Waals surface area contributed by atoms with Gasteiger partial charge < -0.3 is 10.2 Å². The first-order valence-electron chi connectivity index (χ1n) is 6.68. The zero-order valence-corrected chi connectivity index (χ0v) is 14.4. The molecule has 0 saturated carbocycles. The second-order valence-electron chi connectivity index (χ2n) is 5.57. The van der Waals surface area contributed by atoms with Crippen LogP contribution in [0.3, 0.4) is 0 Å². The Morgan fingerprint density at radius 2 is 1.95 bits per heavy atom. The van der Waals surface area contributed by atoms with Gasteiger partial charge in [0.15, 0.2) is 0 Å². The summed E-state index contributed by atoms with van der Waals surface area (Å²) in [6, 6.07) is 2.01. The minimum absolute atomic E-state index is 0.118. The molecule has 0 fully saturated rings.